The predicted octanol–water partition coefficient (Wildman–Crippen LogP) is 10.5. The monoisotopic (exact) mass is 628 g/mol. The van der Waals surface area contributed by atoms with Gasteiger partial charge in [-0.3, -0.25) is 10.1 Å². The molecule has 4 nitrogen and oxygen atoms in total. The smallest absolute Gasteiger partial charge is 0.269 e. The van der Waals surface area contributed by atoms with Gasteiger partial charge in [-0.05, 0) is 65.3 Å². The summed E-state index contributed by atoms with van der Waals surface area (Å²) in [5, 5.41) is 11.4. The van der Waals surface area contributed by atoms with Crippen LogP contribution in [0.2, 0.25) is 0 Å². The van der Waals surface area contributed by atoms with Gasteiger partial charge in [0.1, 0.15) is 0 Å². The van der Waals surface area contributed by atoms with E-state index in [1.165, 1.54) is 39.1 Å². The van der Waals surface area contributed by atoms with Crippen molar-refractivity contribution in [1.29, 1.82) is 0 Å². The summed E-state index contributed by atoms with van der Waals surface area (Å²) in [4.78, 5) is 13.5. The van der Waals surface area contributed by atoms with Gasteiger partial charge < -0.3 is 4.90 Å². The lowest BCUT2D eigenvalue weighted by Gasteiger charge is -2.53. The zero-order chi connectivity index (χ0) is 33.4. The second-order valence-electron chi connectivity index (χ2n) is 13.8. The van der Waals surface area contributed by atoms with Gasteiger partial charge >= 0.3 is 0 Å². The Bertz CT molecular complexity index is 1930. The van der Waals surface area contributed by atoms with Crippen molar-refractivity contribution in [2.75, 3.05) is 4.90 Å². The Hall–Kier alpha value is -5.48. The maximum Gasteiger partial charge on any atom is 0.269 e. The molecular formula is C44H40N2O2. The van der Waals surface area contributed by atoms with E-state index in [1.54, 1.807) is 12.1 Å². The molecule has 0 spiro atoms. The number of nitrogens with zero attached hydrogens (tertiary/aromatic N) is 2. The SMILES string of the molecule is CC1(C)C[C@](C)(c2ccccc2)c2cc(C(c3ccccc3)(c3ccccc3)c3ccccc3)ccc2N1Cc1ccc([N+](=O)[O-])cc1. The zero-order valence-corrected chi connectivity index (χ0v) is 27.7. The van der Waals surface area contributed by atoms with Crippen molar-refractivity contribution in [2.24, 2.45) is 0 Å². The van der Waals surface area contributed by atoms with Crippen LogP contribution in [0.1, 0.15) is 66.1 Å². The number of hydrogen-bond donors (Lipinski definition) is 0. The molecule has 0 unspecified atom stereocenters. The van der Waals surface area contributed by atoms with Gasteiger partial charge in [0.05, 0.1) is 10.3 Å². The van der Waals surface area contributed by atoms with E-state index in [2.05, 4.69) is 165 Å². The summed E-state index contributed by atoms with van der Waals surface area (Å²) in [6, 6.07) is 57.6. The highest BCUT2D eigenvalue weighted by molar-refractivity contribution is 5.69. The first-order valence-electron chi connectivity index (χ1n) is 16.6. The molecule has 1 atom stereocenters. The average Bonchev–Trinajstić information content (AvgIpc) is 3.12. The van der Waals surface area contributed by atoms with Gasteiger partial charge in [-0.15, -0.1) is 0 Å². The van der Waals surface area contributed by atoms with E-state index in [1.807, 2.05) is 12.1 Å². The molecule has 0 bridgehead atoms. The third-order valence-corrected chi connectivity index (χ3v) is 10.4. The third kappa shape index (κ3) is 5.28. The van der Waals surface area contributed by atoms with Crippen LogP contribution in [-0.2, 0) is 17.4 Å². The lowest BCUT2D eigenvalue weighted by molar-refractivity contribution is -0.384. The fourth-order valence-corrected chi connectivity index (χ4v) is 8.16. The van der Waals surface area contributed by atoms with Gasteiger partial charge in [0, 0.05) is 35.3 Å². The van der Waals surface area contributed by atoms with Gasteiger partial charge in [0.25, 0.3) is 5.69 Å². The Morgan fingerprint density at radius 3 is 1.58 bits per heavy atom. The van der Waals surface area contributed by atoms with E-state index in [0.717, 1.165) is 12.0 Å². The summed E-state index contributed by atoms with van der Waals surface area (Å²) in [6.45, 7) is 7.67. The summed E-state index contributed by atoms with van der Waals surface area (Å²) in [5.41, 5.74) is 8.69. The highest BCUT2D eigenvalue weighted by atomic mass is 16.6. The Morgan fingerprint density at radius 1 is 0.625 bits per heavy atom. The van der Waals surface area contributed by atoms with Crippen LogP contribution in [-0.4, -0.2) is 10.5 Å². The van der Waals surface area contributed by atoms with Gasteiger partial charge in [0.2, 0.25) is 0 Å². The average molecular weight is 629 g/mol. The Balaban J connectivity index is 1.50. The Labute approximate surface area is 283 Å². The van der Waals surface area contributed by atoms with Crippen molar-refractivity contribution < 1.29 is 4.92 Å². The number of rotatable bonds is 8. The molecule has 0 radical (unpaired) electrons. The lowest BCUT2D eigenvalue weighted by atomic mass is 9.61. The van der Waals surface area contributed by atoms with Crippen LogP contribution < -0.4 is 4.90 Å². The van der Waals surface area contributed by atoms with E-state index < -0.39 is 5.41 Å². The van der Waals surface area contributed by atoms with Crippen LogP contribution in [0.15, 0.2) is 164 Å². The Kier molecular flexibility index (Phi) is 7.96. The number of fused-ring (bicyclic) bond motifs is 1. The molecular weight excluding hydrogens is 588 g/mol. The minimum absolute atomic E-state index is 0.109. The number of benzene rings is 6. The summed E-state index contributed by atoms with van der Waals surface area (Å²) < 4.78 is 0. The molecule has 0 fully saturated rings. The first-order valence-corrected chi connectivity index (χ1v) is 16.6. The normalized spacial score (nSPS) is 17.0. The summed E-state index contributed by atoms with van der Waals surface area (Å²) >= 11 is 0. The van der Waals surface area contributed by atoms with Crippen LogP contribution in [0.4, 0.5) is 11.4 Å². The van der Waals surface area contributed by atoms with Crippen LogP contribution in [0.5, 0.6) is 0 Å². The van der Waals surface area contributed by atoms with Gasteiger partial charge in [-0.25, -0.2) is 0 Å². The minimum atomic E-state index is -0.563. The molecule has 6 aromatic carbocycles. The largest absolute Gasteiger partial charge is 0.362 e. The van der Waals surface area contributed by atoms with Crippen molar-refractivity contribution in [3.05, 3.63) is 213 Å². The van der Waals surface area contributed by atoms with E-state index in [0.29, 0.717) is 6.54 Å². The van der Waals surface area contributed by atoms with Crippen molar-refractivity contribution in [3.8, 4) is 0 Å². The van der Waals surface area contributed by atoms with Gasteiger partial charge in [-0.2, -0.15) is 0 Å². The molecule has 1 heterocycles. The summed E-state index contributed by atoms with van der Waals surface area (Å²) in [7, 11) is 0. The van der Waals surface area contributed by atoms with E-state index >= 15 is 0 Å². The molecule has 4 heteroatoms. The lowest BCUT2D eigenvalue weighted by Crippen LogP contribution is -2.53. The first kappa shape index (κ1) is 31.1. The molecule has 1 aliphatic heterocycles. The molecule has 7 rings (SSSR count). The van der Waals surface area contributed by atoms with Crippen molar-refractivity contribution in [1.82, 2.24) is 0 Å². The van der Waals surface area contributed by atoms with E-state index in [-0.39, 0.29) is 21.6 Å². The highest BCUT2D eigenvalue weighted by Gasteiger charge is 2.47. The van der Waals surface area contributed by atoms with Crippen molar-refractivity contribution >= 4 is 11.4 Å². The maximum absolute atomic E-state index is 11.4. The fraction of sp³-hybridized carbons (Fsp3) is 0.182. The van der Waals surface area contributed by atoms with Crippen LogP contribution in [0, 0.1) is 10.1 Å². The van der Waals surface area contributed by atoms with E-state index in [4.69, 9.17) is 0 Å². The second-order valence-corrected chi connectivity index (χ2v) is 13.8. The van der Waals surface area contributed by atoms with Crippen LogP contribution in [0.25, 0.3) is 0 Å². The molecule has 1 aliphatic rings. The first-order chi connectivity index (χ1) is 23.2. The summed E-state index contributed by atoms with van der Waals surface area (Å²) in [5.74, 6) is 0. The number of anilines is 1. The Morgan fingerprint density at radius 2 is 1.10 bits per heavy atom. The van der Waals surface area contributed by atoms with E-state index in [9.17, 15) is 10.1 Å². The van der Waals surface area contributed by atoms with Crippen LogP contribution in [0.3, 0.4) is 0 Å². The molecule has 48 heavy (non-hydrogen) atoms. The van der Waals surface area contributed by atoms with Gasteiger partial charge in [0.15, 0.2) is 0 Å². The molecule has 0 N–H and O–H groups in total. The number of hydrogen-bond acceptors (Lipinski definition) is 3. The maximum atomic E-state index is 11.4. The molecule has 0 saturated carbocycles. The third-order valence-electron chi connectivity index (χ3n) is 10.4. The molecule has 0 aromatic heterocycles. The standard InChI is InChI=1S/C44H40N2O2/c1-42(2)32-43(3,34-16-8-4-9-17-34)40-30-38(26-29-41(40)45(42)31-33-24-27-39(28-25-33)46(47)48)44(35-18-10-5-11-19-35,36-20-12-6-13-21-36)37-22-14-7-15-23-37/h4-30H,31-32H2,1-3H3/t43-/m1/s1. The number of non-ortho nitro benzene ring substituents is 1. The highest BCUT2D eigenvalue weighted by Crippen LogP contribution is 2.54. The summed E-state index contributed by atoms with van der Waals surface area (Å²) in [6.07, 6.45) is 0.891. The molecule has 0 saturated heterocycles. The second kappa shape index (κ2) is 12.3. The topological polar surface area (TPSA) is 46.4 Å². The van der Waals surface area contributed by atoms with Crippen LogP contribution >= 0.6 is 0 Å². The molecule has 0 amide bonds. The van der Waals surface area contributed by atoms with Crippen molar-refractivity contribution in [2.45, 2.75) is 50.1 Å². The quantitative estimate of drug-likeness (QED) is 0.0957. The molecule has 238 valence electrons. The number of nitro benzene ring substituents is 1. The fourth-order valence-electron chi connectivity index (χ4n) is 8.16. The zero-order valence-electron chi connectivity index (χ0n) is 27.7. The van der Waals surface area contributed by atoms with Gasteiger partial charge in [-0.1, -0.05) is 153 Å². The molecule has 0 aliphatic carbocycles. The minimum Gasteiger partial charge on any atom is -0.362 e. The predicted molar refractivity (Wildman–Crippen MR) is 196 cm³/mol. The molecule has 6 aromatic rings. The van der Waals surface area contributed by atoms with Crippen molar-refractivity contribution in [3.63, 3.8) is 0 Å². The number of nitro groups is 1.